The lowest BCUT2D eigenvalue weighted by Gasteiger charge is -2.12. The summed E-state index contributed by atoms with van der Waals surface area (Å²) in [5.41, 5.74) is 3.21. The predicted octanol–water partition coefficient (Wildman–Crippen LogP) is 5.45. The van der Waals surface area contributed by atoms with Crippen molar-refractivity contribution in [1.82, 2.24) is 14.8 Å². The van der Waals surface area contributed by atoms with Gasteiger partial charge in [0.2, 0.25) is 0 Å². The molecule has 0 aliphatic heterocycles. The van der Waals surface area contributed by atoms with E-state index in [0.717, 1.165) is 5.69 Å². The number of nitrogens with zero attached hydrogens (tertiary/aromatic N) is 7. The Morgan fingerprint density at radius 3 is 1.61 bits per heavy atom. The molecule has 0 saturated heterocycles. The molecule has 0 bridgehead atoms. The highest BCUT2D eigenvalue weighted by Crippen LogP contribution is 2.33. The second kappa shape index (κ2) is 8.02. The zero-order valence-corrected chi connectivity index (χ0v) is 16.0. The minimum absolute atomic E-state index is 0.319. The van der Waals surface area contributed by atoms with Crippen LogP contribution in [0, 0.1) is 35.8 Å². The van der Waals surface area contributed by atoms with Gasteiger partial charge in [-0.15, -0.1) is 10.2 Å². The average Bonchev–Trinajstić information content (AvgIpc) is 3.29. The van der Waals surface area contributed by atoms with Crippen LogP contribution in [-0.2, 0) is 0 Å². The minimum Gasteiger partial charge on any atom is -0.275 e. The summed E-state index contributed by atoms with van der Waals surface area (Å²) in [6.45, 7) is 14.7. The van der Waals surface area contributed by atoms with Gasteiger partial charge in [0.15, 0.2) is 23.0 Å². The Morgan fingerprint density at radius 2 is 1.19 bits per heavy atom. The van der Waals surface area contributed by atoms with Crippen LogP contribution in [0.25, 0.3) is 38.2 Å². The monoisotopic (exact) mass is 397 g/mol. The van der Waals surface area contributed by atoms with Crippen molar-refractivity contribution in [2.75, 3.05) is 0 Å². The van der Waals surface area contributed by atoms with Gasteiger partial charge >= 0.3 is 0 Å². The lowest BCUT2D eigenvalue weighted by molar-refractivity contribution is 1.07. The molecular weight excluding hydrogens is 386 g/mol. The molecule has 4 aromatic rings. The molecule has 3 aromatic carbocycles. The number of rotatable bonds is 3. The first-order valence-electron chi connectivity index (χ1n) is 9.03. The molecule has 0 amide bonds. The van der Waals surface area contributed by atoms with Crippen LogP contribution < -0.4 is 0 Å². The van der Waals surface area contributed by atoms with Gasteiger partial charge in [0.25, 0.3) is 0 Å². The summed E-state index contributed by atoms with van der Waals surface area (Å²) in [4.78, 5) is 6.90. The molecule has 0 aliphatic carbocycles. The highest BCUT2D eigenvalue weighted by atomic mass is 15.3. The summed E-state index contributed by atoms with van der Waals surface area (Å²) in [6, 6.07) is 23.1. The molecule has 142 valence electrons. The number of hydrogen-bond donors (Lipinski definition) is 0. The van der Waals surface area contributed by atoms with Crippen LogP contribution >= 0.6 is 0 Å². The molecular formula is C24H11N7. The third kappa shape index (κ3) is 3.59. The normalized spacial score (nSPS) is 9.81. The fourth-order valence-corrected chi connectivity index (χ4v) is 3.22. The summed E-state index contributed by atoms with van der Waals surface area (Å²) in [7, 11) is 0. The quantitative estimate of drug-likeness (QED) is 0.430. The van der Waals surface area contributed by atoms with E-state index in [9.17, 15) is 10.5 Å². The van der Waals surface area contributed by atoms with Crippen LogP contribution in [0.3, 0.4) is 0 Å². The van der Waals surface area contributed by atoms with Crippen LogP contribution in [0.5, 0.6) is 0 Å². The van der Waals surface area contributed by atoms with Gasteiger partial charge in [-0.3, -0.25) is 4.57 Å². The van der Waals surface area contributed by atoms with Crippen LogP contribution in [0.1, 0.15) is 11.1 Å². The lowest BCUT2D eigenvalue weighted by atomic mass is 10.1. The molecule has 1 aromatic heterocycles. The van der Waals surface area contributed by atoms with E-state index in [2.05, 4.69) is 32.0 Å². The van der Waals surface area contributed by atoms with E-state index < -0.39 is 0 Å². The van der Waals surface area contributed by atoms with E-state index in [-0.39, 0.29) is 0 Å². The summed E-state index contributed by atoms with van der Waals surface area (Å²) in [5.74, 6) is 0.879. The first-order valence-corrected chi connectivity index (χ1v) is 9.03. The molecule has 0 N–H and O–H groups in total. The lowest BCUT2D eigenvalue weighted by Crippen LogP contribution is -2.00. The summed E-state index contributed by atoms with van der Waals surface area (Å²) in [5, 5.41) is 27.4. The third-order valence-corrected chi connectivity index (χ3v) is 4.55. The van der Waals surface area contributed by atoms with E-state index in [1.165, 1.54) is 12.1 Å². The van der Waals surface area contributed by atoms with Crippen molar-refractivity contribution >= 4 is 11.4 Å². The number of benzene rings is 3. The first kappa shape index (κ1) is 19.1. The maximum absolute atomic E-state index is 9.36. The zero-order valence-electron chi connectivity index (χ0n) is 16.0. The van der Waals surface area contributed by atoms with Crippen LogP contribution in [0.15, 0.2) is 66.7 Å². The molecule has 0 spiro atoms. The Morgan fingerprint density at radius 1 is 0.710 bits per heavy atom. The fourth-order valence-electron chi connectivity index (χ4n) is 3.22. The SMILES string of the molecule is [C-]#[N+]c1cc(C#N)cc(-c2nnc(-c3cc(C#N)cc([N+]#[C-])c3)n2-c2ccccc2)c1. The molecule has 4 rings (SSSR count). The van der Waals surface area contributed by atoms with Crippen molar-refractivity contribution < 1.29 is 0 Å². The predicted molar refractivity (Wildman–Crippen MR) is 114 cm³/mol. The van der Waals surface area contributed by atoms with Gasteiger partial charge in [-0.05, 0) is 48.5 Å². The maximum Gasteiger partial charge on any atom is 0.189 e. The van der Waals surface area contributed by atoms with E-state index in [1.807, 2.05) is 30.3 Å². The van der Waals surface area contributed by atoms with Crippen molar-refractivity contribution in [3.05, 3.63) is 101 Å². The van der Waals surface area contributed by atoms with Crippen LogP contribution in [0.4, 0.5) is 11.4 Å². The van der Waals surface area contributed by atoms with Gasteiger partial charge in [0, 0.05) is 27.9 Å². The van der Waals surface area contributed by atoms with E-state index in [1.54, 1.807) is 28.8 Å². The molecule has 0 radical (unpaired) electrons. The molecule has 1 heterocycles. The molecule has 0 fully saturated rings. The van der Waals surface area contributed by atoms with E-state index in [0.29, 0.717) is 45.3 Å². The Kier molecular flexibility index (Phi) is 4.94. The highest BCUT2D eigenvalue weighted by molar-refractivity contribution is 5.73. The number of para-hydroxylation sites is 1. The third-order valence-electron chi connectivity index (χ3n) is 4.55. The van der Waals surface area contributed by atoms with Crippen molar-refractivity contribution in [3.8, 4) is 40.6 Å². The molecule has 31 heavy (non-hydrogen) atoms. The zero-order chi connectivity index (χ0) is 21.8. The molecule has 0 unspecified atom stereocenters. The maximum atomic E-state index is 9.36. The smallest absolute Gasteiger partial charge is 0.189 e. The number of aromatic nitrogens is 3. The number of nitriles is 2. The topological polar surface area (TPSA) is 87.0 Å². The van der Waals surface area contributed by atoms with Crippen molar-refractivity contribution in [3.63, 3.8) is 0 Å². The van der Waals surface area contributed by atoms with Gasteiger partial charge < -0.3 is 0 Å². The second-order valence-corrected chi connectivity index (χ2v) is 6.50. The Labute approximate surface area is 178 Å². The van der Waals surface area contributed by atoms with Crippen LogP contribution in [0.2, 0.25) is 0 Å². The Bertz CT molecular complexity index is 1310. The molecule has 0 aliphatic rings. The van der Waals surface area contributed by atoms with E-state index >= 15 is 0 Å². The fraction of sp³-hybridized carbons (Fsp3) is 0. The standard InChI is InChI=1S/C24H11N7/c1-27-20-10-16(14-25)8-18(12-20)23-29-30-24(31(23)22-6-4-3-5-7-22)19-9-17(15-26)11-21(13-19)28-2/h3-13H. The minimum atomic E-state index is 0.319. The van der Waals surface area contributed by atoms with Gasteiger partial charge in [-0.2, -0.15) is 10.5 Å². The van der Waals surface area contributed by atoms with Gasteiger partial charge in [0.05, 0.1) is 25.3 Å². The molecule has 7 nitrogen and oxygen atoms in total. The first-order chi connectivity index (χ1) is 15.2. The summed E-state index contributed by atoms with van der Waals surface area (Å²) < 4.78 is 1.79. The average molecular weight is 397 g/mol. The van der Waals surface area contributed by atoms with Gasteiger partial charge in [-0.1, -0.05) is 18.2 Å². The summed E-state index contributed by atoms with van der Waals surface area (Å²) >= 11 is 0. The Hall–Kier alpha value is -5.24. The largest absolute Gasteiger partial charge is 0.275 e. The summed E-state index contributed by atoms with van der Waals surface area (Å²) in [6.07, 6.45) is 0. The molecule has 0 saturated carbocycles. The van der Waals surface area contributed by atoms with Gasteiger partial charge in [-0.25, -0.2) is 9.69 Å². The Balaban J connectivity index is 2.03. The van der Waals surface area contributed by atoms with Crippen molar-refractivity contribution in [2.45, 2.75) is 0 Å². The molecule has 7 heteroatoms. The van der Waals surface area contributed by atoms with Crippen molar-refractivity contribution in [1.29, 1.82) is 10.5 Å². The second-order valence-electron chi connectivity index (χ2n) is 6.50. The van der Waals surface area contributed by atoms with E-state index in [4.69, 9.17) is 13.1 Å². The van der Waals surface area contributed by atoms with Gasteiger partial charge in [0.1, 0.15) is 0 Å². The number of hydrogen-bond acceptors (Lipinski definition) is 4. The van der Waals surface area contributed by atoms with Crippen molar-refractivity contribution in [2.24, 2.45) is 0 Å². The highest BCUT2D eigenvalue weighted by Gasteiger charge is 2.19. The molecule has 0 atom stereocenters. The van der Waals surface area contributed by atoms with Crippen LogP contribution in [-0.4, -0.2) is 14.8 Å².